The Labute approximate surface area is 120 Å². The lowest BCUT2D eigenvalue weighted by molar-refractivity contribution is 0.00365. The van der Waals surface area contributed by atoms with Gasteiger partial charge in [-0.3, -0.25) is 0 Å². The second-order valence-corrected chi connectivity index (χ2v) is 3.90. The standard InChI is InChI=1S/C13H15F2NO5/c1-3-13(14,15)8-21-10-5-4-9(12(17)18)11(16-10)20-7-6-19-2/h3-5H,1,6-8H2,2H3,(H,17,18). The van der Waals surface area contributed by atoms with Gasteiger partial charge in [0.2, 0.25) is 11.8 Å². The number of aromatic carboxylic acids is 1. The smallest absolute Gasteiger partial charge is 0.341 e. The molecule has 0 radical (unpaired) electrons. The molecule has 1 N–H and O–H groups in total. The van der Waals surface area contributed by atoms with Gasteiger partial charge in [0.15, 0.2) is 6.61 Å². The first-order valence-corrected chi connectivity index (χ1v) is 5.90. The summed E-state index contributed by atoms with van der Waals surface area (Å²) in [6.07, 6.45) is 0.453. The van der Waals surface area contributed by atoms with Crippen molar-refractivity contribution in [1.82, 2.24) is 4.98 Å². The van der Waals surface area contributed by atoms with Gasteiger partial charge in [-0.25, -0.2) is 4.79 Å². The Morgan fingerprint density at radius 2 is 2.14 bits per heavy atom. The van der Waals surface area contributed by atoms with Gasteiger partial charge in [0, 0.05) is 13.2 Å². The molecule has 8 heteroatoms. The fourth-order valence-electron chi connectivity index (χ4n) is 1.23. The van der Waals surface area contributed by atoms with Crippen LogP contribution >= 0.6 is 0 Å². The molecule has 0 bridgehead atoms. The third-order valence-electron chi connectivity index (χ3n) is 2.30. The zero-order valence-corrected chi connectivity index (χ0v) is 11.3. The number of methoxy groups -OCH3 is 1. The van der Waals surface area contributed by atoms with E-state index in [0.29, 0.717) is 6.08 Å². The van der Waals surface area contributed by atoms with Crippen LogP contribution in [0.15, 0.2) is 24.8 Å². The number of alkyl halides is 2. The fourth-order valence-corrected chi connectivity index (χ4v) is 1.23. The van der Waals surface area contributed by atoms with Crippen LogP contribution in [0.3, 0.4) is 0 Å². The van der Waals surface area contributed by atoms with Crippen molar-refractivity contribution in [1.29, 1.82) is 0 Å². The third kappa shape index (κ3) is 5.35. The Hall–Kier alpha value is -2.22. The largest absolute Gasteiger partial charge is 0.477 e. The molecule has 0 aliphatic heterocycles. The van der Waals surface area contributed by atoms with Gasteiger partial charge in [-0.05, 0) is 12.1 Å². The van der Waals surface area contributed by atoms with E-state index in [1.165, 1.54) is 19.2 Å². The van der Waals surface area contributed by atoms with E-state index < -0.39 is 18.5 Å². The van der Waals surface area contributed by atoms with Crippen molar-refractivity contribution in [2.24, 2.45) is 0 Å². The molecule has 1 rings (SSSR count). The van der Waals surface area contributed by atoms with E-state index in [9.17, 15) is 13.6 Å². The Balaban J connectivity index is 2.85. The van der Waals surface area contributed by atoms with Crippen LogP contribution in [-0.4, -0.2) is 48.9 Å². The highest BCUT2D eigenvalue weighted by Crippen LogP contribution is 2.22. The molecule has 0 fully saturated rings. The number of ether oxygens (including phenoxy) is 3. The molecule has 1 aromatic heterocycles. The summed E-state index contributed by atoms with van der Waals surface area (Å²) < 4.78 is 40.7. The number of pyridine rings is 1. The molecule has 0 aliphatic carbocycles. The SMILES string of the molecule is C=CC(F)(F)COc1ccc(C(=O)O)c(OCCOC)n1. The molecule has 1 aromatic rings. The second-order valence-electron chi connectivity index (χ2n) is 3.90. The Bertz CT molecular complexity index is 507. The van der Waals surface area contributed by atoms with E-state index in [1.54, 1.807) is 0 Å². The molecule has 21 heavy (non-hydrogen) atoms. The molecule has 116 valence electrons. The van der Waals surface area contributed by atoms with Gasteiger partial charge in [-0.2, -0.15) is 13.8 Å². The zero-order chi connectivity index (χ0) is 15.9. The van der Waals surface area contributed by atoms with Crippen LogP contribution in [0.4, 0.5) is 8.78 Å². The molecular formula is C13H15F2NO5. The van der Waals surface area contributed by atoms with E-state index in [-0.39, 0.29) is 30.5 Å². The van der Waals surface area contributed by atoms with Crippen LogP contribution in [0.2, 0.25) is 0 Å². The molecular weight excluding hydrogens is 288 g/mol. The monoisotopic (exact) mass is 303 g/mol. The molecule has 6 nitrogen and oxygen atoms in total. The van der Waals surface area contributed by atoms with Crippen molar-refractivity contribution in [3.8, 4) is 11.8 Å². The van der Waals surface area contributed by atoms with Crippen LogP contribution in [0, 0.1) is 0 Å². The van der Waals surface area contributed by atoms with E-state index in [2.05, 4.69) is 11.6 Å². The van der Waals surface area contributed by atoms with Crippen LogP contribution in [0.25, 0.3) is 0 Å². The van der Waals surface area contributed by atoms with Gasteiger partial charge in [0.25, 0.3) is 5.92 Å². The van der Waals surface area contributed by atoms with Gasteiger partial charge in [-0.15, -0.1) is 0 Å². The number of aromatic nitrogens is 1. The summed E-state index contributed by atoms with van der Waals surface area (Å²) >= 11 is 0. The lowest BCUT2D eigenvalue weighted by Gasteiger charge is -2.13. The van der Waals surface area contributed by atoms with E-state index in [1.807, 2.05) is 0 Å². The third-order valence-corrected chi connectivity index (χ3v) is 2.30. The molecule has 0 atom stereocenters. The number of rotatable bonds is 9. The number of hydrogen-bond acceptors (Lipinski definition) is 5. The van der Waals surface area contributed by atoms with Crippen LogP contribution in [0.5, 0.6) is 11.8 Å². The summed E-state index contributed by atoms with van der Waals surface area (Å²) in [5.41, 5.74) is -0.200. The number of carboxylic acids is 1. The number of carboxylic acid groups (broad SMARTS) is 1. The molecule has 0 amide bonds. The van der Waals surface area contributed by atoms with Crippen LogP contribution in [-0.2, 0) is 4.74 Å². The van der Waals surface area contributed by atoms with Crippen molar-refractivity contribution in [2.75, 3.05) is 26.9 Å². The highest BCUT2D eigenvalue weighted by atomic mass is 19.3. The Morgan fingerprint density at radius 3 is 2.71 bits per heavy atom. The molecule has 0 spiro atoms. The van der Waals surface area contributed by atoms with Crippen molar-refractivity contribution >= 4 is 5.97 Å². The minimum atomic E-state index is -3.20. The first-order chi connectivity index (χ1) is 9.89. The van der Waals surface area contributed by atoms with Crippen molar-refractivity contribution in [3.63, 3.8) is 0 Å². The first-order valence-electron chi connectivity index (χ1n) is 5.90. The molecule has 0 saturated carbocycles. The second kappa shape index (κ2) is 7.53. The summed E-state index contributed by atoms with van der Waals surface area (Å²) in [4.78, 5) is 14.8. The van der Waals surface area contributed by atoms with Gasteiger partial charge in [0.1, 0.15) is 12.2 Å². The average Bonchev–Trinajstić information content (AvgIpc) is 2.45. The lowest BCUT2D eigenvalue weighted by atomic mass is 10.3. The minimum absolute atomic E-state index is 0.0655. The number of nitrogens with zero attached hydrogens (tertiary/aromatic N) is 1. The van der Waals surface area contributed by atoms with Crippen molar-refractivity contribution in [2.45, 2.75) is 5.92 Å². The quantitative estimate of drug-likeness (QED) is 0.555. The molecule has 0 aliphatic rings. The normalized spacial score (nSPS) is 11.0. The highest BCUT2D eigenvalue weighted by molar-refractivity contribution is 5.90. The first kappa shape index (κ1) is 16.8. The van der Waals surface area contributed by atoms with E-state index in [0.717, 1.165) is 0 Å². The summed E-state index contributed by atoms with van der Waals surface area (Å²) in [6.45, 7) is 2.32. The van der Waals surface area contributed by atoms with E-state index >= 15 is 0 Å². The maximum absolute atomic E-state index is 13.0. The summed E-state index contributed by atoms with van der Waals surface area (Å²) in [5.74, 6) is -4.85. The number of halogens is 2. The van der Waals surface area contributed by atoms with Gasteiger partial charge in [-0.1, -0.05) is 6.58 Å². The maximum Gasteiger partial charge on any atom is 0.341 e. The molecule has 0 saturated heterocycles. The van der Waals surface area contributed by atoms with Crippen LogP contribution < -0.4 is 9.47 Å². The molecule has 0 aromatic carbocycles. The number of hydrogen-bond donors (Lipinski definition) is 1. The summed E-state index contributed by atoms with van der Waals surface area (Å²) in [5, 5.41) is 8.98. The van der Waals surface area contributed by atoms with Crippen LogP contribution in [0.1, 0.15) is 10.4 Å². The van der Waals surface area contributed by atoms with E-state index in [4.69, 9.17) is 19.3 Å². The predicted molar refractivity (Wildman–Crippen MR) is 69.2 cm³/mol. The van der Waals surface area contributed by atoms with Gasteiger partial charge in [0.05, 0.1) is 6.61 Å². The predicted octanol–water partition coefficient (Wildman–Crippen LogP) is 2.01. The minimum Gasteiger partial charge on any atom is -0.477 e. The molecule has 0 unspecified atom stereocenters. The lowest BCUT2D eigenvalue weighted by Crippen LogP contribution is -2.23. The maximum atomic E-state index is 13.0. The zero-order valence-electron chi connectivity index (χ0n) is 11.3. The Kier molecular flexibility index (Phi) is 6.04. The fraction of sp³-hybridized carbons (Fsp3) is 0.385. The van der Waals surface area contributed by atoms with Gasteiger partial charge >= 0.3 is 5.97 Å². The van der Waals surface area contributed by atoms with Crippen molar-refractivity contribution < 1.29 is 32.9 Å². The topological polar surface area (TPSA) is 77.9 Å². The molecule has 1 heterocycles. The summed E-state index contributed by atoms with van der Waals surface area (Å²) in [6, 6.07) is 2.34. The van der Waals surface area contributed by atoms with Crippen molar-refractivity contribution in [3.05, 3.63) is 30.4 Å². The average molecular weight is 303 g/mol. The van der Waals surface area contributed by atoms with Gasteiger partial charge < -0.3 is 19.3 Å². The summed E-state index contributed by atoms with van der Waals surface area (Å²) in [7, 11) is 1.45. The Morgan fingerprint density at radius 1 is 1.43 bits per heavy atom. The highest BCUT2D eigenvalue weighted by Gasteiger charge is 2.25. The number of carbonyl (C=O) groups is 1.